The van der Waals surface area contributed by atoms with Crippen molar-refractivity contribution in [2.75, 3.05) is 0 Å². The summed E-state index contributed by atoms with van der Waals surface area (Å²) in [6, 6.07) is 3.83. The zero-order valence-corrected chi connectivity index (χ0v) is 5.67. The van der Waals surface area contributed by atoms with Crippen molar-refractivity contribution in [3.63, 3.8) is 0 Å². The van der Waals surface area contributed by atoms with Crippen LogP contribution in [-0.2, 0) is 0 Å². The fraction of sp³-hybridized carbons (Fsp3) is 0. The highest BCUT2D eigenvalue weighted by atomic mass is 19.1. The van der Waals surface area contributed by atoms with Gasteiger partial charge >= 0.3 is 5.97 Å². The molecule has 1 aromatic rings. The monoisotopic (exact) mass is 153 g/mol. The summed E-state index contributed by atoms with van der Waals surface area (Å²) in [7, 11) is 0. The molecule has 57 valence electrons. The molecule has 0 spiro atoms. The van der Waals surface area contributed by atoms with Crippen molar-refractivity contribution in [2.24, 2.45) is 0 Å². The van der Waals surface area contributed by atoms with Crippen LogP contribution in [0.15, 0.2) is 18.2 Å². The second-order valence-electron chi connectivity index (χ2n) is 2.07. The maximum Gasteiger partial charge on any atom is 0.336 e. The van der Waals surface area contributed by atoms with Gasteiger partial charge in [0.15, 0.2) is 0 Å². The van der Waals surface area contributed by atoms with Crippen LogP contribution in [0.4, 0.5) is 4.39 Å². The summed E-state index contributed by atoms with van der Waals surface area (Å²) in [5.41, 5.74) is -0.162. The molecule has 1 N–H and O–H groups in total. The van der Waals surface area contributed by atoms with Crippen LogP contribution < -0.4 is 0 Å². The van der Waals surface area contributed by atoms with E-state index in [2.05, 4.69) is 6.92 Å². The maximum absolute atomic E-state index is 12.6. The summed E-state index contributed by atoms with van der Waals surface area (Å²) in [4.78, 5) is 10.4. The smallest absolute Gasteiger partial charge is 0.336 e. The van der Waals surface area contributed by atoms with Gasteiger partial charge in [0.2, 0.25) is 0 Å². The molecule has 0 amide bonds. The first-order valence-electron chi connectivity index (χ1n) is 2.96. The summed E-state index contributed by atoms with van der Waals surface area (Å²) in [6.45, 7) is 3.29. The van der Waals surface area contributed by atoms with Gasteiger partial charge in [-0.05, 0) is 19.1 Å². The lowest BCUT2D eigenvalue weighted by atomic mass is 10.1. The summed E-state index contributed by atoms with van der Waals surface area (Å²) in [5, 5.41) is 8.48. The van der Waals surface area contributed by atoms with Gasteiger partial charge in [0.25, 0.3) is 0 Å². The summed E-state index contributed by atoms with van der Waals surface area (Å²) < 4.78 is 12.6. The lowest BCUT2D eigenvalue weighted by molar-refractivity contribution is 0.0696. The number of carboxylic acids is 1. The Labute approximate surface area is 63.3 Å². The molecule has 0 aliphatic carbocycles. The molecule has 1 aromatic carbocycles. The summed E-state index contributed by atoms with van der Waals surface area (Å²) >= 11 is 0. The average Bonchev–Trinajstić information content (AvgIpc) is 1.94. The number of rotatable bonds is 1. The van der Waals surface area contributed by atoms with Crippen LogP contribution in [0.3, 0.4) is 0 Å². The minimum absolute atomic E-state index is 0.0694. The molecule has 11 heavy (non-hydrogen) atoms. The van der Waals surface area contributed by atoms with Gasteiger partial charge in [0, 0.05) is 5.56 Å². The van der Waals surface area contributed by atoms with Gasteiger partial charge in [-0.15, -0.1) is 0 Å². The number of hydrogen-bond acceptors (Lipinski definition) is 1. The molecular weight excluding hydrogens is 147 g/mol. The van der Waals surface area contributed by atoms with Gasteiger partial charge in [-0.2, -0.15) is 0 Å². The molecule has 0 saturated heterocycles. The minimum Gasteiger partial charge on any atom is -0.478 e. The van der Waals surface area contributed by atoms with Crippen LogP contribution in [0.25, 0.3) is 0 Å². The molecule has 1 rings (SSSR count). The Kier molecular flexibility index (Phi) is 1.89. The predicted octanol–water partition coefficient (Wildman–Crippen LogP) is 1.71. The normalized spacial score (nSPS) is 9.64. The Morgan fingerprint density at radius 3 is 2.64 bits per heavy atom. The van der Waals surface area contributed by atoms with E-state index in [1.165, 1.54) is 18.2 Å². The molecule has 0 fully saturated rings. The fourth-order valence-corrected chi connectivity index (χ4v) is 0.759. The molecule has 3 heteroatoms. The van der Waals surface area contributed by atoms with Crippen molar-refractivity contribution in [3.8, 4) is 0 Å². The molecule has 0 saturated carbocycles. The first kappa shape index (κ1) is 7.72. The van der Waals surface area contributed by atoms with E-state index in [9.17, 15) is 9.18 Å². The standard InChI is InChI=1S/C8H6FO2/c1-5-6(8(10)11)3-2-4-7(5)9/h2-4H,1H2,(H,10,11). The lowest BCUT2D eigenvalue weighted by Crippen LogP contribution is -2.00. The van der Waals surface area contributed by atoms with Crippen LogP contribution in [0.2, 0.25) is 0 Å². The molecule has 2 nitrogen and oxygen atoms in total. The molecule has 0 heterocycles. The van der Waals surface area contributed by atoms with Crippen molar-refractivity contribution in [1.82, 2.24) is 0 Å². The average molecular weight is 153 g/mol. The molecule has 0 atom stereocenters. The highest BCUT2D eigenvalue weighted by Crippen LogP contribution is 2.11. The summed E-state index contributed by atoms with van der Waals surface area (Å²) in [5.74, 6) is -1.75. The lowest BCUT2D eigenvalue weighted by Gasteiger charge is -1.99. The highest BCUT2D eigenvalue weighted by Gasteiger charge is 2.08. The van der Waals surface area contributed by atoms with Gasteiger partial charge in [-0.25, -0.2) is 9.18 Å². The third-order valence-electron chi connectivity index (χ3n) is 1.35. The van der Waals surface area contributed by atoms with Gasteiger partial charge < -0.3 is 5.11 Å². The van der Waals surface area contributed by atoms with Crippen molar-refractivity contribution < 1.29 is 14.3 Å². The first-order valence-corrected chi connectivity index (χ1v) is 2.96. The first-order chi connectivity index (χ1) is 5.13. The maximum atomic E-state index is 12.6. The van der Waals surface area contributed by atoms with Crippen LogP contribution in [0, 0.1) is 12.7 Å². The Balaban J connectivity index is 3.27. The number of hydrogen-bond donors (Lipinski definition) is 1. The Bertz CT molecular complexity index is 294. The second-order valence-corrected chi connectivity index (χ2v) is 2.07. The molecule has 0 aliphatic heterocycles. The molecule has 0 aliphatic rings. The Morgan fingerprint density at radius 1 is 1.55 bits per heavy atom. The predicted molar refractivity (Wildman–Crippen MR) is 37.8 cm³/mol. The minimum atomic E-state index is -1.16. The third-order valence-corrected chi connectivity index (χ3v) is 1.35. The van der Waals surface area contributed by atoms with Gasteiger partial charge in [0.05, 0.1) is 5.56 Å². The molecule has 0 aromatic heterocycles. The van der Waals surface area contributed by atoms with Crippen molar-refractivity contribution in [2.45, 2.75) is 0 Å². The second kappa shape index (κ2) is 2.70. The van der Waals surface area contributed by atoms with Crippen molar-refractivity contribution >= 4 is 5.97 Å². The Hall–Kier alpha value is -1.38. The SMILES string of the molecule is [CH2]c1c(F)cccc1C(=O)O. The number of halogens is 1. The van der Waals surface area contributed by atoms with Crippen molar-refractivity contribution in [3.05, 3.63) is 42.1 Å². The summed E-state index contributed by atoms with van der Waals surface area (Å²) in [6.07, 6.45) is 0. The zero-order valence-electron chi connectivity index (χ0n) is 5.67. The molecular formula is C8H6FO2. The number of carboxylic acid groups (broad SMARTS) is 1. The van der Waals surface area contributed by atoms with Gasteiger partial charge in [-0.3, -0.25) is 0 Å². The van der Waals surface area contributed by atoms with E-state index in [4.69, 9.17) is 5.11 Å². The van der Waals surface area contributed by atoms with Crippen molar-refractivity contribution in [1.29, 1.82) is 0 Å². The number of benzene rings is 1. The van der Waals surface area contributed by atoms with E-state index in [-0.39, 0.29) is 11.1 Å². The highest BCUT2D eigenvalue weighted by molar-refractivity contribution is 5.89. The van der Waals surface area contributed by atoms with E-state index < -0.39 is 11.8 Å². The van der Waals surface area contributed by atoms with Crippen LogP contribution >= 0.6 is 0 Å². The Morgan fingerprint density at radius 2 is 2.18 bits per heavy atom. The molecule has 1 radical (unpaired) electrons. The fourth-order valence-electron chi connectivity index (χ4n) is 0.759. The molecule has 0 bridgehead atoms. The number of carbonyl (C=O) groups is 1. The van der Waals surface area contributed by atoms with E-state index in [1.807, 2.05) is 0 Å². The van der Waals surface area contributed by atoms with Crippen LogP contribution in [0.1, 0.15) is 15.9 Å². The van der Waals surface area contributed by atoms with Crippen LogP contribution in [-0.4, -0.2) is 11.1 Å². The van der Waals surface area contributed by atoms with Gasteiger partial charge in [0.1, 0.15) is 5.82 Å². The largest absolute Gasteiger partial charge is 0.478 e. The van der Waals surface area contributed by atoms with E-state index in [0.717, 1.165) is 0 Å². The van der Waals surface area contributed by atoms with E-state index in [0.29, 0.717) is 0 Å². The van der Waals surface area contributed by atoms with Crippen LogP contribution in [0.5, 0.6) is 0 Å². The number of aromatic carboxylic acids is 1. The third kappa shape index (κ3) is 1.37. The topological polar surface area (TPSA) is 37.3 Å². The van der Waals surface area contributed by atoms with E-state index in [1.54, 1.807) is 0 Å². The quantitative estimate of drug-likeness (QED) is 0.666. The molecule has 0 unspecified atom stereocenters. The van der Waals surface area contributed by atoms with Gasteiger partial charge in [-0.1, -0.05) is 6.07 Å². The zero-order chi connectivity index (χ0) is 8.43. The van der Waals surface area contributed by atoms with E-state index >= 15 is 0 Å².